The fraction of sp³-hybridized carbons (Fsp3) is 0.0800. The van der Waals surface area contributed by atoms with Crippen molar-refractivity contribution in [3.8, 4) is 5.75 Å². The number of hydrazone groups is 1. The van der Waals surface area contributed by atoms with Crippen molar-refractivity contribution >= 4 is 27.0 Å². The van der Waals surface area contributed by atoms with Gasteiger partial charge in [0.15, 0.2) is 0 Å². The molecule has 5 nitrogen and oxygen atoms in total. The Labute approximate surface area is 182 Å². The summed E-state index contributed by atoms with van der Waals surface area (Å²) in [6, 6.07) is 28.3. The molecule has 156 valence electrons. The van der Waals surface area contributed by atoms with E-state index in [1.165, 1.54) is 11.6 Å². The van der Waals surface area contributed by atoms with Crippen LogP contribution < -0.4 is 9.57 Å². The van der Waals surface area contributed by atoms with Gasteiger partial charge in [0.2, 0.25) is 0 Å². The van der Waals surface area contributed by atoms with E-state index >= 15 is 0 Å². The molecule has 0 unspecified atom stereocenters. The van der Waals surface area contributed by atoms with Crippen molar-refractivity contribution in [3.05, 3.63) is 108 Å². The third kappa shape index (κ3) is 5.10. The number of benzene rings is 4. The van der Waals surface area contributed by atoms with Crippen molar-refractivity contribution in [2.45, 2.75) is 18.4 Å². The number of nitrogens with one attached hydrogen (secondary N) is 1. The second-order valence-electron chi connectivity index (χ2n) is 7.17. The molecule has 0 amide bonds. The van der Waals surface area contributed by atoms with Crippen molar-refractivity contribution < 1.29 is 13.2 Å². The lowest BCUT2D eigenvalue weighted by Gasteiger charge is -2.09. The molecule has 4 aromatic rings. The van der Waals surface area contributed by atoms with Crippen LogP contribution in [0.25, 0.3) is 10.8 Å². The Morgan fingerprint density at radius 1 is 0.903 bits per heavy atom. The maximum absolute atomic E-state index is 12.3. The van der Waals surface area contributed by atoms with Gasteiger partial charge in [0.25, 0.3) is 10.0 Å². The van der Waals surface area contributed by atoms with Crippen LogP contribution in [0.3, 0.4) is 0 Å². The third-order valence-electron chi connectivity index (χ3n) is 4.85. The molecule has 0 aliphatic heterocycles. The van der Waals surface area contributed by atoms with E-state index in [1.807, 2.05) is 55.5 Å². The zero-order valence-electron chi connectivity index (χ0n) is 17.0. The molecule has 0 saturated heterocycles. The first-order valence-corrected chi connectivity index (χ1v) is 11.3. The molecular formula is C25H22N2O3S. The minimum Gasteiger partial charge on any atom is -0.489 e. The Morgan fingerprint density at radius 2 is 1.65 bits per heavy atom. The number of rotatable bonds is 7. The van der Waals surface area contributed by atoms with Crippen LogP contribution in [0.15, 0.2) is 101 Å². The van der Waals surface area contributed by atoms with Gasteiger partial charge in [0, 0.05) is 0 Å². The summed E-state index contributed by atoms with van der Waals surface area (Å²) in [6.07, 6.45) is 1.45. The van der Waals surface area contributed by atoms with E-state index in [1.54, 1.807) is 24.3 Å². The summed E-state index contributed by atoms with van der Waals surface area (Å²) in [5, 5.41) is 6.23. The Bertz CT molecular complexity index is 1330. The van der Waals surface area contributed by atoms with E-state index in [4.69, 9.17) is 4.74 Å². The van der Waals surface area contributed by atoms with Gasteiger partial charge >= 0.3 is 0 Å². The highest BCUT2D eigenvalue weighted by atomic mass is 32.2. The number of ether oxygens (including phenoxy) is 1. The first kappa shape index (κ1) is 20.6. The van der Waals surface area contributed by atoms with Gasteiger partial charge in [-0.25, -0.2) is 4.83 Å². The molecule has 6 heteroatoms. The maximum Gasteiger partial charge on any atom is 0.276 e. The molecule has 0 heterocycles. The van der Waals surface area contributed by atoms with Crippen LogP contribution >= 0.6 is 0 Å². The molecule has 0 aromatic heterocycles. The van der Waals surface area contributed by atoms with Gasteiger partial charge in [-0.15, -0.1) is 0 Å². The average Bonchev–Trinajstić information content (AvgIpc) is 2.78. The fourth-order valence-corrected chi connectivity index (χ4v) is 4.00. The molecule has 4 rings (SSSR count). The van der Waals surface area contributed by atoms with Crippen molar-refractivity contribution in [2.24, 2.45) is 5.10 Å². The third-order valence-corrected chi connectivity index (χ3v) is 6.09. The van der Waals surface area contributed by atoms with Crippen molar-refractivity contribution in [3.63, 3.8) is 0 Å². The highest BCUT2D eigenvalue weighted by Gasteiger charge is 2.11. The van der Waals surface area contributed by atoms with Crippen LogP contribution in [0.4, 0.5) is 0 Å². The number of sulfonamides is 1. The van der Waals surface area contributed by atoms with Crippen LogP contribution in [-0.2, 0) is 16.6 Å². The summed E-state index contributed by atoms with van der Waals surface area (Å²) < 4.78 is 30.6. The van der Waals surface area contributed by atoms with Crippen LogP contribution in [0.5, 0.6) is 5.75 Å². The molecule has 31 heavy (non-hydrogen) atoms. The zero-order chi connectivity index (χ0) is 21.7. The molecule has 4 aromatic carbocycles. The quantitative estimate of drug-likeness (QED) is 0.330. The maximum atomic E-state index is 12.3. The van der Waals surface area contributed by atoms with Gasteiger partial charge in [-0.3, -0.25) is 0 Å². The SMILES string of the molecule is Cc1ccc(S(=O)(=O)NN=Cc2cccc(OCc3cccc4ccccc34)c2)cc1. The number of hydrogen-bond acceptors (Lipinski definition) is 4. The van der Waals surface area contributed by atoms with E-state index in [9.17, 15) is 8.42 Å². The fourth-order valence-electron chi connectivity index (χ4n) is 3.20. The smallest absolute Gasteiger partial charge is 0.276 e. The van der Waals surface area contributed by atoms with E-state index in [2.05, 4.69) is 28.1 Å². The monoisotopic (exact) mass is 430 g/mol. The largest absolute Gasteiger partial charge is 0.489 e. The lowest BCUT2D eigenvalue weighted by molar-refractivity contribution is 0.307. The molecule has 1 N–H and O–H groups in total. The summed E-state index contributed by atoms with van der Waals surface area (Å²) >= 11 is 0. The lowest BCUT2D eigenvalue weighted by Crippen LogP contribution is -2.18. The van der Waals surface area contributed by atoms with Crippen molar-refractivity contribution in [1.82, 2.24) is 4.83 Å². The molecular weight excluding hydrogens is 408 g/mol. The van der Waals surface area contributed by atoms with Gasteiger partial charge in [0.05, 0.1) is 11.1 Å². The predicted molar refractivity (Wildman–Crippen MR) is 124 cm³/mol. The summed E-state index contributed by atoms with van der Waals surface area (Å²) in [5.74, 6) is 0.679. The van der Waals surface area contributed by atoms with Gasteiger partial charge in [0.1, 0.15) is 12.4 Å². The number of aryl methyl sites for hydroxylation is 1. The summed E-state index contributed by atoms with van der Waals surface area (Å²) in [6.45, 7) is 2.33. The van der Waals surface area contributed by atoms with E-state index in [-0.39, 0.29) is 4.90 Å². The highest BCUT2D eigenvalue weighted by molar-refractivity contribution is 7.89. The summed E-state index contributed by atoms with van der Waals surface area (Å²) in [7, 11) is -3.70. The summed E-state index contributed by atoms with van der Waals surface area (Å²) in [5.41, 5.74) is 2.81. The molecule has 0 aliphatic rings. The number of nitrogens with zero attached hydrogens (tertiary/aromatic N) is 1. The molecule has 0 fully saturated rings. The van der Waals surface area contributed by atoms with Crippen LogP contribution in [0.1, 0.15) is 16.7 Å². The molecule has 0 spiro atoms. The molecule has 0 aliphatic carbocycles. The predicted octanol–water partition coefficient (Wildman–Crippen LogP) is 5.04. The molecule has 0 bridgehead atoms. The molecule has 0 radical (unpaired) electrons. The number of hydrogen-bond donors (Lipinski definition) is 1. The Hall–Kier alpha value is -3.64. The zero-order valence-corrected chi connectivity index (χ0v) is 17.8. The minimum absolute atomic E-state index is 0.169. The highest BCUT2D eigenvalue weighted by Crippen LogP contribution is 2.21. The van der Waals surface area contributed by atoms with Gasteiger partial charge in [-0.1, -0.05) is 72.3 Å². The topological polar surface area (TPSA) is 67.8 Å². The van der Waals surface area contributed by atoms with Crippen molar-refractivity contribution in [1.29, 1.82) is 0 Å². The first-order valence-electron chi connectivity index (χ1n) is 9.82. The van der Waals surface area contributed by atoms with Crippen molar-refractivity contribution in [2.75, 3.05) is 0 Å². The normalized spacial score (nSPS) is 11.6. The van der Waals surface area contributed by atoms with Crippen LogP contribution in [0, 0.1) is 6.92 Å². The average molecular weight is 431 g/mol. The van der Waals surface area contributed by atoms with Gasteiger partial charge in [-0.05, 0) is 53.1 Å². The summed E-state index contributed by atoms with van der Waals surface area (Å²) in [4.78, 5) is 2.41. The second kappa shape index (κ2) is 9.02. The molecule has 0 atom stereocenters. The van der Waals surface area contributed by atoms with Gasteiger partial charge < -0.3 is 4.74 Å². The lowest BCUT2D eigenvalue weighted by atomic mass is 10.1. The Morgan fingerprint density at radius 3 is 2.48 bits per heavy atom. The number of fused-ring (bicyclic) bond motifs is 1. The standard InChI is InChI=1S/C25H22N2O3S/c1-19-12-14-24(15-13-19)31(28,29)27-26-17-20-6-4-10-23(16-20)30-18-22-9-5-8-21-7-2-3-11-25(21)22/h2-17,27H,18H2,1H3. The first-order chi connectivity index (χ1) is 15.0. The van der Waals surface area contributed by atoms with Gasteiger partial charge in [-0.2, -0.15) is 13.5 Å². The molecule has 0 saturated carbocycles. The second-order valence-corrected chi connectivity index (χ2v) is 8.83. The Kier molecular flexibility index (Phi) is 6.00. The van der Waals surface area contributed by atoms with E-state index in [0.29, 0.717) is 12.4 Å². The Balaban J connectivity index is 1.43. The van der Waals surface area contributed by atoms with Crippen LogP contribution in [-0.4, -0.2) is 14.6 Å². The minimum atomic E-state index is -3.70. The van der Waals surface area contributed by atoms with E-state index < -0.39 is 10.0 Å². The van der Waals surface area contributed by atoms with E-state index in [0.717, 1.165) is 22.1 Å². The van der Waals surface area contributed by atoms with Crippen LogP contribution in [0.2, 0.25) is 0 Å².